The molecule has 6 heteroatoms. The Morgan fingerprint density at radius 3 is 2.20 bits per heavy atom. The molecule has 0 bridgehead atoms. The Hall–Kier alpha value is -1.95. The lowest BCUT2D eigenvalue weighted by Crippen LogP contribution is -2.06. The summed E-state index contributed by atoms with van der Waals surface area (Å²) in [6, 6.07) is 5.16. The maximum Gasteiger partial charge on any atom is 0.416 e. The van der Waals surface area contributed by atoms with E-state index >= 15 is 0 Å². The predicted molar refractivity (Wildman–Crippen MR) is 62.7 cm³/mol. The molecular weight excluding hydrogens is 279 g/mol. The molecule has 2 aromatic rings. The number of halogens is 5. The SMILES string of the molecule is OCc1cc(C(F)(F)F)ccc1-c1cc(F)ccc1F. The second kappa shape index (κ2) is 5.20. The quantitative estimate of drug-likeness (QED) is 0.823. The zero-order valence-corrected chi connectivity index (χ0v) is 10.0. The van der Waals surface area contributed by atoms with Crippen molar-refractivity contribution in [2.45, 2.75) is 12.8 Å². The van der Waals surface area contributed by atoms with Crippen molar-refractivity contribution in [3.63, 3.8) is 0 Å². The van der Waals surface area contributed by atoms with Crippen LogP contribution < -0.4 is 0 Å². The monoisotopic (exact) mass is 288 g/mol. The van der Waals surface area contributed by atoms with Gasteiger partial charge in [0.2, 0.25) is 0 Å². The number of alkyl halides is 3. The molecule has 0 unspecified atom stereocenters. The highest BCUT2D eigenvalue weighted by molar-refractivity contribution is 5.68. The molecular formula is C14H9F5O. The highest BCUT2D eigenvalue weighted by Crippen LogP contribution is 2.34. The van der Waals surface area contributed by atoms with Gasteiger partial charge in [-0.05, 0) is 41.5 Å². The minimum Gasteiger partial charge on any atom is -0.392 e. The summed E-state index contributed by atoms with van der Waals surface area (Å²) >= 11 is 0. The van der Waals surface area contributed by atoms with Crippen LogP contribution in [-0.4, -0.2) is 5.11 Å². The van der Waals surface area contributed by atoms with Crippen LogP contribution in [0, 0.1) is 11.6 Å². The van der Waals surface area contributed by atoms with E-state index in [2.05, 4.69) is 0 Å². The molecule has 0 amide bonds. The van der Waals surface area contributed by atoms with Crippen molar-refractivity contribution >= 4 is 0 Å². The van der Waals surface area contributed by atoms with Crippen molar-refractivity contribution in [1.29, 1.82) is 0 Å². The summed E-state index contributed by atoms with van der Waals surface area (Å²) in [5, 5.41) is 9.15. The first-order valence-electron chi connectivity index (χ1n) is 5.59. The molecule has 1 N–H and O–H groups in total. The van der Waals surface area contributed by atoms with E-state index in [0.29, 0.717) is 0 Å². The van der Waals surface area contributed by atoms with Crippen LogP contribution in [0.15, 0.2) is 36.4 Å². The third-order valence-corrected chi connectivity index (χ3v) is 2.82. The second-order valence-electron chi connectivity index (χ2n) is 4.15. The molecule has 0 aliphatic heterocycles. The van der Waals surface area contributed by atoms with Gasteiger partial charge in [0.05, 0.1) is 12.2 Å². The maximum absolute atomic E-state index is 13.6. The van der Waals surface area contributed by atoms with E-state index in [0.717, 1.165) is 36.4 Å². The number of benzene rings is 2. The van der Waals surface area contributed by atoms with Crippen LogP contribution in [0.2, 0.25) is 0 Å². The summed E-state index contributed by atoms with van der Waals surface area (Å²) < 4.78 is 64.5. The van der Waals surface area contributed by atoms with Gasteiger partial charge in [-0.1, -0.05) is 6.07 Å². The van der Waals surface area contributed by atoms with Crippen LogP contribution in [0.25, 0.3) is 11.1 Å². The van der Waals surface area contributed by atoms with Gasteiger partial charge in [-0.15, -0.1) is 0 Å². The van der Waals surface area contributed by atoms with Crippen molar-refractivity contribution in [2.24, 2.45) is 0 Å². The first-order valence-corrected chi connectivity index (χ1v) is 5.59. The summed E-state index contributed by atoms with van der Waals surface area (Å²) in [4.78, 5) is 0. The van der Waals surface area contributed by atoms with Gasteiger partial charge in [0.15, 0.2) is 0 Å². The molecule has 0 heterocycles. The summed E-state index contributed by atoms with van der Waals surface area (Å²) in [6.45, 7) is -0.713. The first kappa shape index (κ1) is 14.5. The molecule has 20 heavy (non-hydrogen) atoms. The molecule has 0 saturated carbocycles. The highest BCUT2D eigenvalue weighted by Gasteiger charge is 2.31. The lowest BCUT2D eigenvalue weighted by Gasteiger charge is -2.13. The van der Waals surface area contributed by atoms with Crippen LogP contribution >= 0.6 is 0 Å². The van der Waals surface area contributed by atoms with E-state index in [1.807, 2.05) is 0 Å². The Morgan fingerprint density at radius 2 is 1.60 bits per heavy atom. The summed E-state index contributed by atoms with van der Waals surface area (Å²) in [5.74, 6) is -1.49. The predicted octanol–water partition coefficient (Wildman–Crippen LogP) is 4.14. The van der Waals surface area contributed by atoms with E-state index in [1.165, 1.54) is 0 Å². The molecule has 0 aliphatic carbocycles. The lowest BCUT2D eigenvalue weighted by atomic mass is 9.97. The Balaban J connectivity index is 2.60. The van der Waals surface area contributed by atoms with Gasteiger partial charge in [0.1, 0.15) is 11.6 Å². The number of rotatable bonds is 2. The highest BCUT2D eigenvalue weighted by atomic mass is 19.4. The van der Waals surface area contributed by atoms with Gasteiger partial charge in [0, 0.05) is 5.56 Å². The van der Waals surface area contributed by atoms with Gasteiger partial charge in [-0.25, -0.2) is 8.78 Å². The van der Waals surface area contributed by atoms with Crippen LogP contribution in [0.1, 0.15) is 11.1 Å². The van der Waals surface area contributed by atoms with E-state index in [9.17, 15) is 22.0 Å². The maximum atomic E-state index is 13.6. The Kier molecular flexibility index (Phi) is 3.76. The third kappa shape index (κ3) is 2.80. The summed E-state index contributed by atoms with van der Waals surface area (Å²) in [6.07, 6.45) is -4.57. The Bertz CT molecular complexity index is 634. The average molecular weight is 288 g/mol. The van der Waals surface area contributed by atoms with E-state index in [4.69, 9.17) is 5.11 Å². The van der Waals surface area contributed by atoms with E-state index < -0.39 is 30.0 Å². The lowest BCUT2D eigenvalue weighted by molar-refractivity contribution is -0.137. The molecule has 106 valence electrons. The molecule has 1 nitrogen and oxygen atoms in total. The number of hydrogen-bond donors (Lipinski definition) is 1. The van der Waals surface area contributed by atoms with Gasteiger partial charge < -0.3 is 5.11 Å². The van der Waals surface area contributed by atoms with Crippen LogP contribution in [0.4, 0.5) is 22.0 Å². The van der Waals surface area contributed by atoms with Gasteiger partial charge in [0.25, 0.3) is 0 Å². The van der Waals surface area contributed by atoms with Crippen LogP contribution in [0.3, 0.4) is 0 Å². The Labute approximate surface area is 111 Å². The standard InChI is InChI=1S/C14H9F5O/c15-10-2-4-13(16)12(6-10)11-3-1-9(14(17,18)19)5-8(11)7-20/h1-6,20H,7H2. The van der Waals surface area contributed by atoms with Crippen molar-refractivity contribution < 1.29 is 27.1 Å². The van der Waals surface area contributed by atoms with E-state index in [1.54, 1.807) is 0 Å². The molecule has 0 aliphatic rings. The van der Waals surface area contributed by atoms with Gasteiger partial charge in [-0.2, -0.15) is 13.2 Å². The first-order chi connectivity index (χ1) is 9.32. The van der Waals surface area contributed by atoms with Crippen molar-refractivity contribution in [2.75, 3.05) is 0 Å². The number of aliphatic hydroxyl groups is 1. The van der Waals surface area contributed by atoms with Crippen LogP contribution in [-0.2, 0) is 12.8 Å². The fraction of sp³-hybridized carbons (Fsp3) is 0.143. The normalized spacial score (nSPS) is 11.7. The molecule has 0 spiro atoms. The smallest absolute Gasteiger partial charge is 0.392 e. The van der Waals surface area contributed by atoms with Crippen LogP contribution in [0.5, 0.6) is 0 Å². The van der Waals surface area contributed by atoms with Crippen molar-refractivity contribution in [3.05, 3.63) is 59.2 Å². The zero-order chi connectivity index (χ0) is 14.9. The van der Waals surface area contributed by atoms with Crippen molar-refractivity contribution in [3.8, 4) is 11.1 Å². The minimum atomic E-state index is -4.57. The molecule has 2 rings (SSSR count). The fourth-order valence-electron chi connectivity index (χ4n) is 1.87. The largest absolute Gasteiger partial charge is 0.416 e. The molecule has 0 atom stereocenters. The van der Waals surface area contributed by atoms with Gasteiger partial charge >= 0.3 is 6.18 Å². The molecule has 0 saturated heterocycles. The summed E-state index contributed by atoms with van der Waals surface area (Å²) in [7, 11) is 0. The molecule has 0 fully saturated rings. The van der Waals surface area contributed by atoms with E-state index in [-0.39, 0.29) is 16.7 Å². The second-order valence-corrected chi connectivity index (χ2v) is 4.15. The molecule has 2 aromatic carbocycles. The fourth-order valence-corrected chi connectivity index (χ4v) is 1.87. The average Bonchev–Trinajstić information content (AvgIpc) is 2.40. The molecule has 0 radical (unpaired) electrons. The zero-order valence-electron chi connectivity index (χ0n) is 10.0. The van der Waals surface area contributed by atoms with Crippen molar-refractivity contribution in [1.82, 2.24) is 0 Å². The topological polar surface area (TPSA) is 20.2 Å². The number of hydrogen-bond acceptors (Lipinski definition) is 1. The Morgan fingerprint density at radius 1 is 0.900 bits per heavy atom. The number of aliphatic hydroxyl groups excluding tert-OH is 1. The minimum absolute atomic E-state index is 0.0255. The molecule has 0 aromatic heterocycles. The third-order valence-electron chi connectivity index (χ3n) is 2.82. The summed E-state index contributed by atoms with van der Waals surface area (Å²) in [5.41, 5.74) is -1.24. The van der Waals surface area contributed by atoms with Gasteiger partial charge in [-0.3, -0.25) is 0 Å².